The first-order chi connectivity index (χ1) is 13.8. The van der Waals surface area contributed by atoms with Crippen LogP contribution in [-0.4, -0.2) is 11.2 Å². The summed E-state index contributed by atoms with van der Waals surface area (Å²) in [6.07, 6.45) is 4.08. The van der Waals surface area contributed by atoms with Gasteiger partial charge in [-0.1, -0.05) is 97.1 Å². The van der Waals surface area contributed by atoms with Crippen molar-refractivity contribution >= 4 is 5.57 Å². The molecule has 140 valence electrons. The lowest BCUT2D eigenvalue weighted by Gasteiger charge is -2.47. The Morgan fingerprint density at radius 1 is 0.607 bits per heavy atom. The highest BCUT2D eigenvalue weighted by molar-refractivity contribution is 5.71. The second-order valence-corrected chi connectivity index (χ2v) is 8.25. The van der Waals surface area contributed by atoms with Crippen molar-refractivity contribution in [2.45, 2.75) is 30.8 Å². The van der Waals surface area contributed by atoms with Gasteiger partial charge in [0.05, 0.1) is 6.10 Å². The topological polar surface area (TPSA) is 20.2 Å². The van der Waals surface area contributed by atoms with E-state index in [1.54, 1.807) is 0 Å². The van der Waals surface area contributed by atoms with Crippen LogP contribution in [0.3, 0.4) is 0 Å². The van der Waals surface area contributed by atoms with Crippen molar-refractivity contribution in [2.75, 3.05) is 0 Å². The standard InChI is InChI=1S/C27H26O/c28-27-18-24(21-14-8-3-9-15-21)25-17-26(27)23(20-12-6-2-7-13-20)16-22(25)19-10-4-1-5-11-19/h1-16,23-28H,17-18H2. The van der Waals surface area contributed by atoms with Crippen LogP contribution in [0.1, 0.15) is 41.4 Å². The summed E-state index contributed by atoms with van der Waals surface area (Å²) in [5.41, 5.74) is 5.44. The van der Waals surface area contributed by atoms with Crippen molar-refractivity contribution in [3.05, 3.63) is 114 Å². The van der Waals surface area contributed by atoms with Crippen LogP contribution >= 0.6 is 0 Å². The van der Waals surface area contributed by atoms with Gasteiger partial charge in [-0.25, -0.2) is 0 Å². The average Bonchev–Trinajstić information content (AvgIpc) is 2.78. The van der Waals surface area contributed by atoms with Gasteiger partial charge < -0.3 is 5.11 Å². The maximum atomic E-state index is 11.1. The summed E-state index contributed by atoms with van der Waals surface area (Å²) in [5, 5.41) is 11.1. The number of rotatable bonds is 3. The van der Waals surface area contributed by atoms with E-state index in [9.17, 15) is 5.11 Å². The van der Waals surface area contributed by atoms with Crippen LogP contribution in [0.5, 0.6) is 0 Å². The van der Waals surface area contributed by atoms with Crippen molar-refractivity contribution < 1.29 is 5.11 Å². The van der Waals surface area contributed by atoms with E-state index < -0.39 is 0 Å². The fourth-order valence-electron chi connectivity index (χ4n) is 5.41. The molecule has 3 aromatic rings. The second kappa shape index (κ2) is 7.41. The maximum absolute atomic E-state index is 11.1. The zero-order chi connectivity index (χ0) is 18.9. The van der Waals surface area contributed by atoms with Gasteiger partial charge in [-0.05, 0) is 52.9 Å². The summed E-state index contributed by atoms with van der Waals surface area (Å²) in [5.74, 6) is 1.40. The van der Waals surface area contributed by atoms with E-state index in [0.29, 0.717) is 17.8 Å². The van der Waals surface area contributed by atoms with Crippen LogP contribution < -0.4 is 0 Å². The highest BCUT2D eigenvalue weighted by Crippen LogP contribution is 2.54. The number of aliphatic hydroxyl groups is 1. The summed E-state index contributed by atoms with van der Waals surface area (Å²) < 4.78 is 0. The molecule has 0 aromatic heterocycles. The molecule has 5 atom stereocenters. The lowest BCUT2D eigenvalue weighted by Crippen LogP contribution is -2.40. The molecular weight excluding hydrogens is 340 g/mol. The van der Waals surface area contributed by atoms with E-state index in [1.165, 1.54) is 22.3 Å². The molecule has 0 heterocycles. The molecule has 28 heavy (non-hydrogen) atoms. The van der Waals surface area contributed by atoms with Crippen LogP contribution in [-0.2, 0) is 0 Å². The molecule has 1 heteroatoms. The van der Waals surface area contributed by atoms with Gasteiger partial charge in [0, 0.05) is 5.92 Å². The van der Waals surface area contributed by atoms with Gasteiger partial charge in [-0.2, -0.15) is 0 Å². The normalized spacial score (nSPS) is 29.2. The molecule has 1 nitrogen and oxygen atoms in total. The minimum Gasteiger partial charge on any atom is -0.393 e. The number of benzene rings is 3. The monoisotopic (exact) mass is 366 g/mol. The minimum atomic E-state index is -0.264. The SMILES string of the molecule is OC1CC(c2ccccc2)C2CC1C(c1ccccc1)C=C2c1ccccc1. The largest absolute Gasteiger partial charge is 0.393 e. The van der Waals surface area contributed by atoms with Crippen LogP contribution in [0.15, 0.2) is 97.1 Å². The van der Waals surface area contributed by atoms with Gasteiger partial charge in [0.25, 0.3) is 0 Å². The molecule has 1 N–H and O–H groups in total. The number of hydrogen-bond acceptors (Lipinski definition) is 1. The Balaban J connectivity index is 1.63. The fraction of sp³-hybridized carbons (Fsp3) is 0.259. The first-order valence-corrected chi connectivity index (χ1v) is 10.4. The lowest BCUT2D eigenvalue weighted by atomic mass is 9.58. The Bertz CT molecular complexity index is 945. The molecule has 0 aliphatic heterocycles. The zero-order valence-electron chi connectivity index (χ0n) is 16.0. The van der Waals surface area contributed by atoms with Crippen molar-refractivity contribution in [2.24, 2.45) is 11.8 Å². The Kier molecular flexibility index (Phi) is 4.62. The van der Waals surface area contributed by atoms with E-state index in [0.717, 1.165) is 12.8 Å². The molecule has 2 aliphatic rings. The van der Waals surface area contributed by atoms with E-state index in [-0.39, 0.29) is 12.0 Å². The minimum absolute atomic E-state index is 0.264. The summed E-state index contributed by atoms with van der Waals surface area (Å²) >= 11 is 0. The van der Waals surface area contributed by atoms with Crippen molar-refractivity contribution in [1.82, 2.24) is 0 Å². The lowest BCUT2D eigenvalue weighted by molar-refractivity contribution is 0.0357. The third-order valence-electron chi connectivity index (χ3n) is 6.74. The molecule has 1 saturated carbocycles. The Morgan fingerprint density at radius 2 is 1.18 bits per heavy atom. The van der Waals surface area contributed by atoms with E-state index in [4.69, 9.17) is 0 Å². The van der Waals surface area contributed by atoms with Gasteiger partial charge in [0.1, 0.15) is 0 Å². The van der Waals surface area contributed by atoms with Crippen LogP contribution in [0.4, 0.5) is 0 Å². The highest BCUT2D eigenvalue weighted by Gasteiger charge is 2.45. The molecule has 0 spiro atoms. The smallest absolute Gasteiger partial charge is 0.0583 e. The number of fused-ring (bicyclic) bond motifs is 2. The van der Waals surface area contributed by atoms with Crippen LogP contribution in [0, 0.1) is 11.8 Å². The number of aliphatic hydroxyl groups excluding tert-OH is 1. The van der Waals surface area contributed by atoms with Gasteiger partial charge in [-0.3, -0.25) is 0 Å². The molecule has 2 bridgehead atoms. The first kappa shape index (κ1) is 17.5. The van der Waals surface area contributed by atoms with Crippen molar-refractivity contribution in [1.29, 1.82) is 0 Å². The molecule has 0 radical (unpaired) electrons. The predicted molar refractivity (Wildman–Crippen MR) is 115 cm³/mol. The average molecular weight is 367 g/mol. The summed E-state index contributed by atoms with van der Waals surface area (Å²) in [7, 11) is 0. The molecular formula is C27H26O. The van der Waals surface area contributed by atoms with Crippen molar-refractivity contribution in [3.63, 3.8) is 0 Å². The molecule has 0 amide bonds. The maximum Gasteiger partial charge on any atom is 0.0583 e. The number of allylic oxidation sites excluding steroid dienone is 2. The zero-order valence-corrected chi connectivity index (χ0v) is 16.0. The van der Waals surface area contributed by atoms with Gasteiger partial charge in [0.15, 0.2) is 0 Å². The third kappa shape index (κ3) is 3.10. The highest BCUT2D eigenvalue weighted by atomic mass is 16.3. The first-order valence-electron chi connectivity index (χ1n) is 10.4. The van der Waals surface area contributed by atoms with E-state index in [2.05, 4.69) is 97.1 Å². The van der Waals surface area contributed by atoms with Crippen molar-refractivity contribution in [3.8, 4) is 0 Å². The van der Waals surface area contributed by atoms with Crippen LogP contribution in [0.2, 0.25) is 0 Å². The van der Waals surface area contributed by atoms with Gasteiger partial charge in [0.2, 0.25) is 0 Å². The number of hydrogen-bond donors (Lipinski definition) is 1. The molecule has 1 fully saturated rings. The van der Waals surface area contributed by atoms with Gasteiger partial charge in [-0.15, -0.1) is 0 Å². The molecule has 3 aromatic carbocycles. The Labute approximate surface area is 167 Å². The second-order valence-electron chi connectivity index (χ2n) is 8.25. The van der Waals surface area contributed by atoms with E-state index in [1.807, 2.05) is 0 Å². The van der Waals surface area contributed by atoms with E-state index >= 15 is 0 Å². The predicted octanol–water partition coefficient (Wildman–Crippen LogP) is 6.04. The quantitative estimate of drug-likeness (QED) is 0.599. The summed E-state index contributed by atoms with van der Waals surface area (Å²) in [6, 6.07) is 32.3. The molecule has 5 unspecified atom stereocenters. The Morgan fingerprint density at radius 3 is 1.82 bits per heavy atom. The summed E-state index contributed by atoms with van der Waals surface area (Å²) in [6.45, 7) is 0. The molecule has 5 rings (SSSR count). The van der Waals surface area contributed by atoms with Crippen LogP contribution in [0.25, 0.3) is 5.57 Å². The molecule has 2 aliphatic carbocycles. The summed E-state index contributed by atoms with van der Waals surface area (Å²) in [4.78, 5) is 0. The fourth-order valence-corrected chi connectivity index (χ4v) is 5.41. The molecule has 0 saturated heterocycles. The van der Waals surface area contributed by atoms with Gasteiger partial charge >= 0.3 is 0 Å². The Hall–Kier alpha value is -2.64. The third-order valence-corrected chi connectivity index (χ3v) is 6.74.